The highest BCUT2D eigenvalue weighted by molar-refractivity contribution is 5.22. The Hall–Kier alpha value is -0.760. The van der Waals surface area contributed by atoms with Crippen LogP contribution in [0.15, 0.2) is 24.0 Å². The number of rotatable bonds is 1. The second-order valence-corrected chi connectivity index (χ2v) is 2.62. The monoisotopic (exact) mass is 140 g/mol. The molecule has 2 heteroatoms. The molecule has 2 N–H and O–H groups in total. The Kier molecular flexibility index (Phi) is 1.81. The SMILES string of the molecule is CCC1(O)C=CC(O)=CC1. The van der Waals surface area contributed by atoms with Gasteiger partial charge in [-0.05, 0) is 24.6 Å². The fourth-order valence-electron chi connectivity index (χ4n) is 0.920. The lowest BCUT2D eigenvalue weighted by atomic mass is 9.92. The van der Waals surface area contributed by atoms with Crippen molar-refractivity contribution in [1.82, 2.24) is 0 Å². The average Bonchev–Trinajstić information content (AvgIpc) is 1.96. The maximum absolute atomic E-state index is 9.56. The van der Waals surface area contributed by atoms with Gasteiger partial charge in [-0.3, -0.25) is 0 Å². The number of allylic oxidation sites excluding steroid dienone is 1. The molecule has 0 radical (unpaired) electrons. The van der Waals surface area contributed by atoms with Crippen molar-refractivity contribution in [1.29, 1.82) is 0 Å². The van der Waals surface area contributed by atoms with E-state index in [0.29, 0.717) is 12.8 Å². The summed E-state index contributed by atoms with van der Waals surface area (Å²) in [6.07, 6.45) is 6.01. The summed E-state index contributed by atoms with van der Waals surface area (Å²) in [6, 6.07) is 0. The van der Waals surface area contributed by atoms with E-state index in [-0.39, 0.29) is 5.76 Å². The molecule has 56 valence electrons. The first kappa shape index (κ1) is 7.35. The van der Waals surface area contributed by atoms with Gasteiger partial charge in [0, 0.05) is 6.42 Å². The van der Waals surface area contributed by atoms with Gasteiger partial charge in [0.2, 0.25) is 0 Å². The van der Waals surface area contributed by atoms with Crippen molar-refractivity contribution in [3.8, 4) is 0 Å². The summed E-state index contributed by atoms with van der Waals surface area (Å²) in [7, 11) is 0. The summed E-state index contributed by atoms with van der Waals surface area (Å²) >= 11 is 0. The third-order valence-corrected chi connectivity index (χ3v) is 1.84. The number of aliphatic hydroxyl groups is 2. The number of hydrogen-bond donors (Lipinski definition) is 2. The van der Waals surface area contributed by atoms with Gasteiger partial charge in [0.05, 0.1) is 5.60 Å². The van der Waals surface area contributed by atoms with E-state index in [1.54, 1.807) is 12.2 Å². The fourth-order valence-corrected chi connectivity index (χ4v) is 0.920. The summed E-state index contributed by atoms with van der Waals surface area (Å²) in [4.78, 5) is 0. The van der Waals surface area contributed by atoms with Gasteiger partial charge in [-0.2, -0.15) is 0 Å². The fraction of sp³-hybridized carbons (Fsp3) is 0.500. The van der Waals surface area contributed by atoms with Gasteiger partial charge >= 0.3 is 0 Å². The van der Waals surface area contributed by atoms with Crippen LogP contribution in [0.1, 0.15) is 19.8 Å². The van der Waals surface area contributed by atoms with Crippen molar-refractivity contribution in [2.45, 2.75) is 25.4 Å². The first-order valence-electron chi connectivity index (χ1n) is 3.47. The van der Waals surface area contributed by atoms with Crippen LogP contribution in [0.5, 0.6) is 0 Å². The second kappa shape index (κ2) is 2.46. The molecule has 0 aliphatic heterocycles. The van der Waals surface area contributed by atoms with Crippen molar-refractivity contribution in [3.05, 3.63) is 24.0 Å². The van der Waals surface area contributed by atoms with Crippen LogP contribution < -0.4 is 0 Å². The molecule has 1 unspecified atom stereocenters. The van der Waals surface area contributed by atoms with E-state index < -0.39 is 5.60 Å². The van der Waals surface area contributed by atoms with Crippen LogP contribution in [-0.2, 0) is 0 Å². The second-order valence-electron chi connectivity index (χ2n) is 2.62. The van der Waals surface area contributed by atoms with Gasteiger partial charge in [0.15, 0.2) is 0 Å². The quantitative estimate of drug-likeness (QED) is 0.579. The molecule has 1 aliphatic carbocycles. The smallest absolute Gasteiger partial charge is 0.111 e. The molecule has 0 bridgehead atoms. The van der Waals surface area contributed by atoms with Gasteiger partial charge in [0.1, 0.15) is 5.76 Å². The van der Waals surface area contributed by atoms with Crippen LogP contribution in [0, 0.1) is 0 Å². The minimum atomic E-state index is -0.716. The van der Waals surface area contributed by atoms with Gasteiger partial charge in [0.25, 0.3) is 0 Å². The van der Waals surface area contributed by atoms with Gasteiger partial charge in [-0.15, -0.1) is 0 Å². The number of aliphatic hydroxyl groups excluding tert-OH is 1. The molecule has 0 aromatic carbocycles. The molecular formula is C8H12O2. The van der Waals surface area contributed by atoms with Crippen LogP contribution in [-0.4, -0.2) is 15.8 Å². The van der Waals surface area contributed by atoms with Crippen LogP contribution >= 0.6 is 0 Å². The predicted octanol–water partition coefficient (Wildman–Crippen LogP) is 1.53. The normalized spacial score (nSPS) is 32.0. The average molecular weight is 140 g/mol. The molecular weight excluding hydrogens is 128 g/mol. The lowest BCUT2D eigenvalue weighted by Crippen LogP contribution is -2.25. The summed E-state index contributed by atoms with van der Waals surface area (Å²) in [5.74, 6) is 0.248. The van der Waals surface area contributed by atoms with Gasteiger partial charge in [-0.1, -0.05) is 6.92 Å². The minimum Gasteiger partial charge on any atom is -0.508 e. The number of hydrogen-bond acceptors (Lipinski definition) is 2. The maximum Gasteiger partial charge on any atom is 0.111 e. The zero-order valence-corrected chi connectivity index (χ0v) is 6.04. The third-order valence-electron chi connectivity index (χ3n) is 1.84. The molecule has 0 amide bonds. The van der Waals surface area contributed by atoms with Crippen LogP contribution in [0.4, 0.5) is 0 Å². The predicted molar refractivity (Wildman–Crippen MR) is 39.7 cm³/mol. The zero-order valence-electron chi connectivity index (χ0n) is 6.04. The van der Waals surface area contributed by atoms with E-state index in [4.69, 9.17) is 5.11 Å². The molecule has 10 heavy (non-hydrogen) atoms. The van der Waals surface area contributed by atoms with Crippen LogP contribution in [0.3, 0.4) is 0 Å². The molecule has 0 spiro atoms. The van der Waals surface area contributed by atoms with Crippen molar-refractivity contribution in [2.24, 2.45) is 0 Å². The first-order valence-corrected chi connectivity index (χ1v) is 3.47. The summed E-state index contributed by atoms with van der Waals surface area (Å²) in [5.41, 5.74) is -0.716. The molecule has 1 atom stereocenters. The molecule has 2 nitrogen and oxygen atoms in total. The Bertz CT molecular complexity index is 182. The molecule has 0 heterocycles. The van der Waals surface area contributed by atoms with E-state index in [0.717, 1.165) is 0 Å². The molecule has 0 saturated carbocycles. The summed E-state index contributed by atoms with van der Waals surface area (Å²) in [6.45, 7) is 1.92. The van der Waals surface area contributed by atoms with Crippen molar-refractivity contribution in [2.75, 3.05) is 0 Å². The van der Waals surface area contributed by atoms with Crippen molar-refractivity contribution in [3.63, 3.8) is 0 Å². The molecule has 0 saturated heterocycles. The zero-order chi connectivity index (χ0) is 7.61. The molecule has 0 fully saturated rings. The van der Waals surface area contributed by atoms with Crippen LogP contribution in [0.25, 0.3) is 0 Å². The Morgan fingerprint density at radius 2 is 2.40 bits per heavy atom. The van der Waals surface area contributed by atoms with E-state index in [1.165, 1.54) is 6.08 Å². The largest absolute Gasteiger partial charge is 0.508 e. The first-order chi connectivity index (χ1) is 4.66. The van der Waals surface area contributed by atoms with Gasteiger partial charge in [-0.25, -0.2) is 0 Å². The Morgan fingerprint density at radius 1 is 1.70 bits per heavy atom. The topological polar surface area (TPSA) is 40.5 Å². The summed E-state index contributed by atoms with van der Waals surface area (Å²) in [5, 5.41) is 18.5. The van der Waals surface area contributed by atoms with Crippen molar-refractivity contribution < 1.29 is 10.2 Å². The van der Waals surface area contributed by atoms with Crippen LogP contribution in [0.2, 0.25) is 0 Å². The highest BCUT2D eigenvalue weighted by atomic mass is 16.3. The highest BCUT2D eigenvalue weighted by Crippen LogP contribution is 2.22. The highest BCUT2D eigenvalue weighted by Gasteiger charge is 2.21. The lowest BCUT2D eigenvalue weighted by molar-refractivity contribution is 0.0868. The maximum atomic E-state index is 9.56. The standard InChI is InChI=1S/C8H12O2/c1-2-8(10)5-3-7(9)4-6-8/h3-5,9-10H,2,6H2,1H3. The van der Waals surface area contributed by atoms with Gasteiger partial charge < -0.3 is 10.2 Å². The van der Waals surface area contributed by atoms with E-state index in [1.807, 2.05) is 6.92 Å². The molecule has 0 aromatic heterocycles. The summed E-state index contributed by atoms with van der Waals surface area (Å²) < 4.78 is 0. The van der Waals surface area contributed by atoms with E-state index in [9.17, 15) is 5.11 Å². The third kappa shape index (κ3) is 1.39. The molecule has 1 aliphatic rings. The lowest BCUT2D eigenvalue weighted by Gasteiger charge is -2.23. The van der Waals surface area contributed by atoms with E-state index >= 15 is 0 Å². The van der Waals surface area contributed by atoms with E-state index in [2.05, 4.69) is 0 Å². The minimum absolute atomic E-state index is 0.248. The molecule has 1 rings (SSSR count). The Morgan fingerprint density at radius 3 is 2.80 bits per heavy atom. The Balaban J connectivity index is 2.67. The Labute approximate surface area is 60.5 Å². The molecule has 0 aromatic rings. The van der Waals surface area contributed by atoms with Crippen molar-refractivity contribution >= 4 is 0 Å².